The first-order valence-electron chi connectivity index (χ1n) is 5.31. The van der Waals surface area contributed by atoms with Crippen molar-refractivity contribution < 1.29 is 0 Å². The molecule has 1 saturated heterocycles. The maximum atomic E-state index is 3.54. The summed E-state index contributed by atoms with van der Waals surface area (Å²) in [7, 11) is 0. The Morgan fingerprint density at radius 1 is 1.07 bits per heavy atom. The first-order chi connectivity index (χ1) is 6.77. The number of hydrogen-bond donors (Lipinski definition) is 2. The zero-order valence-electron chi connectivity index (χ0n) is 8.88. The van der Waals surface area contributed by atoms with Crippen molar-refractivity contribution in [3.8, 4) is 0 Å². The molecular formula is C12H18N2. The fourth-order valence-electron chi connectivity index (χ4n) is 2.00. The van der Waals surface area contributed by atoms with E-state index < -0.39 is 0 Å². The van der Waals surface area contributed by atoms with Gasteiger partial charge in [-0.05, 0) is 19.4 Å². The van der Waals surface area contributed by atoms with Gasteiger partial charge in [0.25, 0.3) is 0 Å². The fourth-order valence-corrected chi connectivity index (χ4v) is 2.00. The molecule has 1 aromatic rings. The van der Waals surface area contributed by atoms with E-state index in [9.17, 15) is 0 Å². The van der Waals surface area contributed by atoms with E-state index in [0.29, 0.717) is 12.1 Å². The average molecular weight is 190 g/mol. The Bertz CT molecular complexity index is 292. The third kappa shape index (κ3) is 1.97. The van der Waals surface area contributed by atoms with Crippen molar-refractivity contribution >= 4 is 0 Å². The van der Waals surface area contributed by atoms with Crippen molar-refractivity contribution in [1.29, 1.82) is 0 Å². The molecule has 0 aliphatic carbocycles. The summed E-state index contributed by atoms with van der Waals surface area (Å²) >= 11 is 0. The van der Waals surface area contributed by atoms with E-state index in [1.165, 1.54) is 11.1 Å². The maximum absolute atomic E-state index is 3.54. The lowest BCUT2D eigenvalue weighted by Crippen LogP contribution is -2.48. The van der Waals surface area contributed by atoms with Gasteiger partial charge in [-0.2, -0.15) is 0 Å². The van der Waals surface area contributed by atoms with Crippen molar-refractivity contribution in [2.24, 2.45) is 0 Å². The van der Waals surface area contributed by atoms with Crippen LogP contribution in [0.1, 0.15) is 24.1 Å². The summed E-state index contributed by atoms with van der Waals surface area (Å²) in [6.07, 6.45) is 0. The quantitative estimate of drug-likeness (QED) is 0.703. The summed E-state index contributed by atoms with van der Waals surface area (Å²) in [5, 5.41) is 7.02. The first kappa shape index (κ1) is 9.69. The Morgan fingerprint density at radius 2 is 1.71 bits per heavy atom. The van der Waals surface area contributed by atoms with Crippen LogP contribution in [-0.2, 0) is 0 Å². The number of aryl methyl sites for hydroxylation is 1. The van der Waals surface area contributed by atoms with Crippen LogP contribution in [0.2, 0.25) is 0 Å². The summed E-state index contributed by atoms with van der Waals surface area (Å²) in [6, 6.07) is 9.78. The van der Waals surface area contributed by atoms with Gasteiger partial charge in [-0.1, -0.05) is 29.8 Å². The van der Waals surface area contributed by atoms with Gasteiger partial charge in [0, 0.05) is 25.2 Å². The molecule has 0 radical (unpaired) electrons. The maximum Gasteiger partial charge on any atom is 0.0473 e. The van der Waals surface area contributed by atoms with Gasteiger partial charge in [0.15, 0.2) is 0 Å². The van der Waals surface area contributed by atoms with Crippen molar-refractivity contribution in [2.75, 3.05) is 13.1 Å². The van der Waals surface area contributed by atoms with Crippen LogP contribution in [0.4, 0.5) is 0 Å². The van der Waals surface area contributed by atoms with Crippen LogP contribution in [0.25, 0.3) is 0 Å². The zero-order chi connectivity index (χ0) is 9.97. The van der Waals surface area contributed by atoms with Gasteiger partial charge in [-0.15, -0.1) is 0 Å². The van der Waals surface area contributed by atoms with Gasteiger partial charge < -0.3 is 10.6 Å². The lowest BCUT2D eigenvalue weighted by atomic mass is 9.98. The molecule has 2 atom stereocenters. The molecule has 1 fully saturated rings. The van der Waals surface area contributed by atoms with Gasteiger partial charge in [0.2, 0.25) is 0 Å². The van der Waals surface area contributed by atoms with Crippen LogP contribution in [0.5, 0.6) is 0 Å². The molecule has 0 amide bonds. The van der Waals surface area contributed by atoms with E-state index in [-0.39, 0.29) is 0 Å². The van der Waals surface area contributed by atoms with E-state index in [0.717, 1.165) is 13.1 Å². The van der Waals surface area contributed by atoms with E-state index in [2.05, 4.69) is 48.7 Å². The summed E-state index contributed by atoms with van der Waals surface area (Å²) in [5.41, 5.74) is 2.71. The molecule has 0 spiro atoms. The Labute approximate surface area is 85.7 Å². The summed E-state index contributed by atoms with van der Waals surface area (Å²) in [6.45, 7) is 6.49. The highest BCUT2D eigenvalue weighted by Crippen LogP contribution is 2.18. The lowest BCUT2D eigenvalue weighted by molar-refractivity contribution is 0.345. The summed E-state index contributed by atoms with van der Waals surface area (Å²) in [5.74, 6) is 0. The standard InChI is InChI=1S/C12H18N2/c1-9-3-5-11(6-4-9)12-10(2)13-7-8-14-12/h3-6,10,12-14H,7-8H2,1-2H3. The largest absolute Gasteiger partial charge is 0.311 e. The van der Waals surface area contributed by atoms with Crippen LogP contribution in [0, 0.1) is 6.92 Å². The molecule has 2 rings (SSSR count). The summed E-state index contributed by atoms with van der Waals surface area (Å²) < 4.78 is 0. The topological polar surface area (TPSA) is 24.1 Å². The first-order valence-corrected chi connectivity index (χ1v) is 5.31. The van der Waals surface area contributed by atoms with E-state index in [4.69, 9.17) is 0 Å². The SMILES string of the molecule is Cc1ccc(C2NCCNC2C)cc1. The number of benzene rings is 1. The highest BCUT2D eigenvalue weighted by molar-refractivity contribution is 5.25. The molecule has 0 saturated carbocycles. The second-order valence-electron chi connectivity index (χ2n) is 4.09. The van der Waals surface area contributed by atoms with Crippen molar-refractivity contribution in [1.82, 2.24) is 10.6 Å². The Balaban J connectivity index is 2.16. The van der Waals surface area contributed by atoms with Crippen LogP contribution in [-0.4, -0.2) is 19.1 Å². The van der Waals surface area contributed by atoms with E-state index in [1.54, 1.807) is 0 Å². The average Bonchev–Trinajstić information content (AvgIpc) is 2.20. The predicted molar refractivity (Wildman–Crippen MR) is 59.4 cm³/mol. The number of rotatable bonds is 1. The minimum Gasteiger partial charge on any atom is -0.311 e. The molecule has 0 aromatic heterocycles. The molecule has 2 unspecified atom stereocenters. The molecule has 2 heteroatoms. The van der Waals surface area contributed by atoms with Gasteiger partial charge >= 0.3 is 0 Å². The number of piperazine rings is 1. The third-order valence-electron chi connectivity index (χ3n) is 2.89. The smallest absolute Gasteiger partial charge is 0.0473 e. The highest BCUT2D eigenvalue weighted by atomic mass is 15.1. The molecule has 1 aromatic carbocycles. The molecule has 2 N–H and O–H groups in total. The molecule has 14 heavy (non-hydrogen) atoms. The highest BCUT2D eigenvalue weighted by Gasteiger charge is 2.21. The molecule has 76 valence electrons. The van der Waals surface area contributed by atoms with Gasteiger partial charge in [0.1, 0.15) is 0 Å². The Kier molecular flexibility index (Phi) is 2.85. The summed E-state index contributed by atoms with van der Waals surface area (Å²) in [4.78, 5) is 0. The number of hydrogen-bond acceptors (Lipinski definition) is 2. The van der Waals surface area contributed by atoms with Crippen LogP contribution >= 0.6 is 0 Å². The van der Waals surface area contributed by atoms with Crippen LogP contribution < -0.4 is 10.6 Å². The van der Waals surface area contributed by atoms with Crippen molar-refractivity contribution in [3.05, 3.63) is 35.4 Å². The Hall–Kier alpha value is -0.860. The third-order valence-corrected chi connectivity index (χ3v) is 2.89. The van der Waals surface area contributed by atoms with E-state index in [1.807, 2.05) is 0 Å². The molecule has 1 aliphatic rings. The van der Waals surface area contributed by atoms with Gasteiger partial charge in [-0.3, -0.25) is 0 Å². The molecular weight excluding hydrogens is 172 g/mol. The predicted octanol–water partition coefficient (Wildman–Crippen LogP) is 1.62. The molecule has 0 bridgehead atoms. The number of nitrogens with one attached hydrogen (secondary N) is 2. The van der Waals surface area contributed by atoms with Crippen LogP contribution in [0.3, 0.4) is 0 Å². The Morgan fingerprint density at radius 3 is 2.36 bits per heavy atom. The van der Waals surface area contributed by atoms with Crippen LogP contribution in [0.15, 0.2) is 24.3 Å². The van der Waals surface area contributed by atoms with Crippen molar-refractivity contribution in [2.45, 2.75) is 25.9 Å². The monoisotopic (exact) mass is 190 g/mol. The lowest BCUT2D eigenvalue weighted by Gasteiger charge is -2.31. The van der Waals surface area contributed by atoms with Gasteiger partial charge in [0.05, 0.1) is 0 Å². The normalized spacial score (nSPS) is 27.6. The van der Waals surface area contributed by atoms with Crippen molar-refractivity contribution in [3.63, 3.8) is 0 Å². The van der Waals surface area contributed by atoms with E-state index >= 15 is 0 Å². The zero-order valence-corrected chi connectivity index (χ0v) is 8.88. The second kappa shape index (κ2) is 4.11. The minimum atomic E-state index is 0.462. The second-order valence-corrected chi connectivity index (χ2v) is 4.09. The molecule has 1 heterocycles. The minimum absolute atomic E-state index is 0.462. The van der Waals surface area contributed by atoms with Gasteiger partial charge in [-0.25, -0.2) is 0 Å². The fraction of sp³-hybridized carbons (Fsp3) is 0.500. The molecule has 2 nitrogen and oxygen atoms in total. The molecule has 1 aliphatic heterocycles.